The summed E-state index contributed by atoms with van der Waals surface area (Å²) in [5.41, 5.74) is 6.05. The summed E-state index contributed by atoms with van der Waals surface area (Å²) in [6.07, 6.45) is 3.39. The highest BCUT2D eigenvalue weighted by molar-refractivity contribution is 5.95. The van der Waals surface area contributed by atoms with Crippen LogP contribution in [0.2, 0.25) is 0 Å². The fourth-order valence-corrected chi connectivity index (χ4v) is 5.96. The number of benzene rings is 2. The Hall–Kier alpha value is -4.13. The number of nitrogens with one attached hydrogen (secondary N) is 1. The van der Waals surface area contributed by atoms with Crippen LogP contribution in [0.15, 0.2) is 42.7 Å². The molecular weight excluding hydrogens is 541 g/mol. The summed E-state index contributed by atoms with van der Waals surface area (Å²) in [6, 6.07) is 9.76. The fraction of sp³-hybridized carbons (Fsp3) is 0.400. The maximum absolute atomic E-state index is 15.4. The first-order chi connectivity index (χ1) is 20.3. The van der Waals surface area contributed by atoms with Gasteiger partial charge in [-0.2, -0.15) is 5.10 Å². The second kappa shape index (κ2) is 11.3. The number of fused-ring (bicyclic) bond motifs is 2. The van der Waals surface area contributed by atoms with Crippen LogP contribution in [0.1, 0.15) is 44.0 Å². The van der Waals surface area contributed by atoms with Gasteiger partial charge in [-0.1, -0.05) is 23.4 Å². The summed E-state index contributed by atoms with van der Waals surface area (Å²) in [4.78, 5) is 15.7. The molecule has 220 valence electrons. The highest BCUT2D eigenvalue weighted by atomic mass is 19.1. The molecule has 0 aliphatic carbocycles. The number of rotatable bonds is 9. The first-order valence-electron chi connectivity index (χ1n) is 13.8. The number of nitrogens with zero attached hydrogens (tertiary/aromatic N) is 6. The van der Waals surface area contributed by atoms with Gasteiger partial charge in [-0.05, 0) is 42.8 Å². The molecule has 0 bridgehead atoms. The predicted octanol–water partition coefficient (Wildman–Crippen LogP) is 2.76. The molecule has 1 amide bonds. The first-order valence-corrected chi connectivity index (χ1v) is 13.8. The lowest BCUT2D eigenvalue weighted by Crippen LogP contribution is -2.56. The Morgan fingerprint density at radius 3 is 2.71 bits per heavy atom. The normalized spacial score (nSPS) is 15.8. The van der Waals surface area contributed by atoms with Crippen LogP contribution in [0.25, 0.3) is 5.69 Å². The van der Waals surface area contributed by atoms with Gasteiger partial charge in [0.1, 0.15) is 5.69 Å². The molecule has 2 aliphatic rings. The van der Waals surface area contributed by atoms with E-state index in [-0.39, 0.29) is 29.9 Å². The molecule has 11 nitrogen and oxygen atoms in total. The average molecular weight is 576 g/mol. The van der Waals surface area contributed by atoms with E-state index in [9.17, 15) is 4.79 Å². The number of carbonyl (C=O) groups excluding carboxylic acids is 1. The topological polar surface area (TPSA) is 109 Å². The van der Waals surface area contributed by atoms with Crippen molar-refractivity contribution in [2.45, 2.75) is 38.6 Å². The molecule has 4 aromatic rings. The van der Waals surface area contributed by atoms with E-state index < -0.39 is 11.7 Å². The van der Waals surface area contributed by atoms with E-state index in [2.05, 4.69) is 50.9 Å². The van der Waals surface area contributed by atoms with Crippen LogP contribution in [0.4, 0.5) is 4.39 Å². The lowest BCUT2D eigenvalue weighted by atomic mass is 9.73. The molecular formula is C30H34FN7O4. The minimum Gasteiger partial charge on any atom is -0.494 e. The molecule has 2 aromatic carbocycles. The van der Waals surface area contributed by atoms with Gasteiger partial charge in [-0.15, -0.1) is 5.10 Å². The molecule has 2 aromatic heterocycles. The van der Waals surface area contributed by atoms with Crippen LogP contribution >= 0.6 is 0 Å². The van der Waals surface area contributed by atoms with Crippen LogP contribution < -0.4 is 10.1 Å². The van der Waals surface area contributed by atoms with E-state index >= 15 is 4.39 Å². The molecule has 42 heavy (non-hydrogen) atoms. The molecule has 0 saturated carbocycles. The number of ether oxygens (including phenoxy) is 3. The van der Waals surface area contributed by atoms with Crippen LogP contribution in [0.5, 0.6) is 5.75 Å². The Kier molecular flexibility index (Phi) is 7.52. The zero-order valence-electron chi connectivity index (χ0n) is 24.2. The van der Waals surface area contributed by atoms with E-state index in [1.165, 1.54) is 29.0 Å². The fourth-order valence-electron chi connectivity index (χ4n) is 5.96. The summed E-state index contributed by atoms with van der Waals surface area (Å²) >= 11 is 0. The molecule has 12 heteroatoms. The molecule has 0 unspecified atom stereocenters. The third kappa shape index (κ3) is 5.17. The number of hydrogen-bond donors (Lipinski definition) is 1. The summed E-state index contributed by atoms with van der Waals surface area (Å²) in [5, 5.41) is 15.6. The smallest absolute Gasteiger partial charge is 0.255 e. The SMILES string of the molecule is COCc1nn(Cc2ccc3c(c2)CN(C)CC32COC2)cc1C(=O)NCc1c(-n2cc(C)nn2)ccc(OC)c1F. The molecule has 0 radical (unpaired) electrons. The second-order valence-corrected chi connectivity index (χ2v) is 11.1. The average Bonchev–Trinajstić information content (AvgIpc) is 3.56. The van der Waals surface area contributed by atoms with Crippen molar-refractivity contribution in [3.63, 3.8) is 0 Å². The monoisotopic (exact) mass is 575 g/mol. The number of halogens is 1. The first kappa shape index (κ1) is 28.0. The van der Waals surface area contributed by atoms with Crippen molar-refractivity contribution in [2.75, 3.05) is 41.0 Å². The molecule has 1 spiro atoms. The lowest BCUT2D eigenvalue weighted by molar-refractivity contribution is -0.0789. The molecule has 4 heterocycles. The summed E-state index contributed by atoms with van der Waals surface area (Å²) in [5.74, 6) is -0.903. The van der Waals surface area contributed by atoms with Crippen LogP contribution in [0.3, 0.4) is 0 Å². The highest BCUT2D eigenvalue weighted by Crippen LogP contribution is 2.39. The number of carbonyl (C=O) groups is 1. The molecule has 1 fully saturated rings. The van der Waals surface area contributed by atoms with E-state index in [0.717, 1.165) is 31.9 Å². The van der Waals surface area contributed by atoms with E-state index in [4.69, 9.17) is 14.2 Å². The number of hydrogen-bond acceptors (Lipinski definition) is 8. The maximum atomic E-state index is 15.4. The Balaban J connectivity index is 1.23. The molecule has 0 atom stereocenters. The lowest BCUT2D eigenvalue weighted by Gasteiger charge is -2.48. The maximum Gasteiger partial charge on any atom is 0.255 e. The van der Waals surface area contributed by atoms with Gasteiger partial charge in [0.25, 0.3) is 5.91 Å². The third-order valence-corrected chi connectivity index (χ3v) is 7.90. The Morgan fingerprint density at radius 1 is 1.19 bits per heavy atom. The second-order valence-electron chi connectivity index (χ2n) is 11.1. The zero-order chi connectivity index (χ0) is 29.4. The standard InChI is InChI=1S/C30H34FN7O4/c1-19-11-38(35-33-19)26-7-8-27(41-4)28(31)22(26)10-32-29(39)23-14-37(34-25(23)15-40-3)12-20-5-6-24-21(9-20)13-36(2)16-30(24)17-42-18-30/h5-9,11,14H,10,12-13,15-18H2,1-4H3,(H,32,39). The van der Waals surface area contributed by atoms with Gasteiger partial charge >= 0.3 is 0 Å². The minimum atomic E-state index is -0.579. The summed E-state index contributed by atoms with van der Waals surface area (Å²) in [7, 11) is 5.09. The van der Waals surface area contributed by atoms with Crippen molar-refractivity contribution in [2.24, 2.45) is 0 Å². The van der Waals surface area contributed by atoms with Crippen LogP contribution in [-0.4, -0.2) is 76.6 Å². The molecule has 1 N–H and O–H groups in total. The van der Waals surface area contributed by atoms with Crippen molar-refractivity contribution >= 4 is 5.91 Å². The quantitative estimate of drug-likeness (QED) is 0.325. The van der Waals surface area contributed by atoms with Gasteiger partial charge in [-0.3, -0.25) is 9.48 Å². The van der Waals surface area contributed by atoms with E-state index in [1.807, 2.05) is 0 Å². The third-order valence-electron chi connectivity index (χ3n) is 7.90. The van der Waals surface area contributed by atoms with Crippen molar-refractivity contribution in [3.8, 4) is 11.4 Å². The zero-order valence-corrected chi connectivity index (χ0v) is 24.2. The number of amides is 1. The van der Waals surface area contributed by atoms with Gasteiger partial charge < -0.3 is 24.4 Å². The van der Waals surface area contributed by atoms with Gasteiger partial charge in [0.15, 0.2) is 11.6 Å². The Labute approximate surface area is 243 Å². The van der Waals surface area contributed by atoms with Gasteiger partial charge in [0.2, 0.25) is 0 Å². The van der Waals surface area contributed by atoms with E-state index in [1.54, 1.807) is 37.2 Å². The summed E-state index contributed by atoms with van der Waals surface area (Å²) < 4.78 is 34.7. The van der Waals surface area contributed by atoms with Crippen LogP contribution in [0, 0.1) is 12.7 Å². The predicted molar refractivity (Wildman–Crippen MR) is 151 cm³/mol. The van der Waals surface area contributed by atoms with Crippen molar-refractivity contribution in [1.82, 2.24) is 35.0 Å². The van der Waals surface area contributed by atoms with Gasteiger partial charge in [0.05, 0.1) is 62.0 Å². The molecule has 2 aliphatic heterocycles. The van der Waals surface area contributed by atoms with Gasteiger partial charge in [0, 0.05) is 38.5 Å². The highest BCUT2D eigenvalue weighted by Gasteiger charge is 2.45. The number of likely N-dealkylation sites (N-methyl/N-ethyl adjacent to an activating group) is 1. The molecule has 1 saturated heterocycles. The largest absolute Gasteiger partial charge is 0.494 e. The van der Waals surface area contributed by atoms with Crippen molar-refractivity contribution in [3.05, 3.63) is 87.7 Å². The Morgan fingerprint density at radius 2 is 2.02 bits per heavy atom. The summed E-state index contributed by atoms with van der Waals surface area (Å²) in [6.45, 7) is 5.72. The van der Waals surface area contributed by atoms with Crippen LogP contribution in [-0.2, 0) is 41.1 Å². The minimum absolute atomic E-state index is 0.0692. The number of methoxy groups -OCH3 is 2. The van der Waals surface area contributed by atoms with Crippen molar-refractivity contribution in [1.29, 1.82) is 0 Å². The Bertz CT molecular complexity index is 1630. The van der Waals surface area contributed by atoms with Crippen molar-refractivity contribution < 1.29 is 23.4 Å². The number of aryl methyl sites for hydroxylation is 1. The number of aromatic nitrogens is 5. The van der Waals surface area contributed by atoms with Gasteiger partial charge in [-0.25, -0.2) is 9.07 Å². The molecule has 6 rings (SSSR count). The van der Waals surface area contributed by atoms with E-state index in [0.29, 0.717) is 29.2 Å².